The zero-order valence-electron chi connectivity index (χ0n) is 20.3. The predicted octanol–water partition coefficient (Wildman–Crippen LogP) is 3.40. The molecule has 190 valence electrons. The number of ether oxygens (including phenoxy) is 3. The Morgan fingerprint density at radius 2 is 1.89 bits per heavy atom. The number of nitrogens with one attached hydrogen (secondary N) is 2. The molecule has 0 saturated heterocycles. The maximum absolute atomic E-state index is 13.3. The van der Waals surface area contributed by atoms with Gasteiger partial charge in [-0.15, -0.1) is 0 Å². The van der Waals surface area contributed by atoms with Crippen LogP contribution < -0.4 is 15.6 Å². The van der Waals surface area contributed by atoms with Gasteiger partial charge < -0.3 is 19.3 Å². The Balaban J connectivity index is 1.70. The lowest BCUT2D eigenvalue weighted by atomic mass is 9.91. The third-order valence-corrected chi connectivity index (χ3v) is 5.90. The van der Waals surface area contributed by atoms with Gasteiger partial charge in [-0.25, -0.2) is 10.4 Å². The highest BCUT2D eigenvalue weighted by Gasteiger charge is 2.44. The van der Waals surface area contributed by atoms with Gasteiger partial charge in [0.15, 0.2) is 5.54 Å². The number of amides is 1. The summed E-state index contributed by atoms with van der Waals surface area (Å²) in [4.78, 5) is 18.1. The van der Waals surface area contributed by atoms with Crippen LogP contribution >= 0.6 is 15.9 Å². The van der Waals surface area contributed by atoms with Gasteiger partial charge in [-0.3, -0.25) is 10.2 Å². The fraction of sp³-hybridized carbons (Fsp3) is 0.462. The summed E-state index contributed by atoms with van der Waals surface area (Å²) in [7, 11) is 0. The van der Waals surface area contributed by atoms with Crippen LogP contribution in [0.3, 0.4) is 0 Å². The number of aliphatic imine (C=N–C) groups is 1. The van der Waals surface area contributed by atoms with Crippen LogP contribution in [0.1, 0.15) is 37.8 Å². The highest BCUT2D eigenvalue weighted by atomic mass is 79.9. The first-order valence-electron chi connectivity index (χ1n) is 11.9. The first-order valence-corrected chi connectivity index (χ1v) is 12.7. The monoisotopic (exact) mass is 547 g/mol. The van der Waals surface area contributed by atoms with Crippen LogP contribution in [0.4, 0.5) is 0 Å². The lowest BCUT2D eigenvalue weighted by Crippen LogP contribution is -2.53. The molecule has 1 atom stereocenters. The summed E-state index contributed by atoms with van der Waals surface area (Å²) in [6.07, 6.45) is 1.93. The molecule has 0 aromatic heterocycles. The number of aliphatic hydroxyl groups excluding tert-OH is 1. The Morgan fingerprint density at radius 1 is 1.14 bits per heavy atom. The number of benzene rings is 2. The number of rotatable bonds is 14. The zero-order chi connectivity index (χ0) is 25.1. The fourth-order valence-electron chi connectivity index (χ4n) is 3.51. The molecule has 1 amide bonds. The molecule has 0 spiro atoms. The highest BCUT2D eigenvalue weighted by Crippen LogP contribution is 2.28. The summed E-state index contributed by atoms with van der Waals surface area (Å²) >= 11 is 3.46. The average Bonchev–Trinajstić information content (AvgIpc) is 3.28. The van der Waals surface area contributed by atoms with Crippen LogP contribution in [0.15, 0.2) is 58.0 Å². The van der Waals surface area contributed by atoms with Crippen LogP contribution in [0.25, 0.3) is 0 Å². The minimum Gasteiger partial charge on any atom is -0.494 e. The van der Waals surface area contributed by atoms with Gasteiger partial charge in [0.05, 0.1) is 12.7 Å². The molecule has 0 radical (unpaired) electrons. The Bertz CT molecular complexity index is 966. The van der Waals surface area contributed by atoms with E-state index in [0.29, 0.717) is 44.2 Å². The van der Waals surface area contributed by atoms with Gasteiger partial charge >= 0.3 is 0 Å². The summed E-state index contributed by atoms with van der Waals surface area (Å²) in [5, 5.41) is 8.90. The van der Waals surface area contributed by atoms with Crippen molar-refractivity contribution < 1.29 is 24.1 Å². The van der Waals surface area contributed by atoms with Gasteiger partial charge in [-0.05, 0) is 62.2 Å². The molecule has 8 nitrogen and oxygen atoms in total. The van der Waals surface area contributed by atoms with E-state index in [2.05, 4.69) is 26.8 Å². The first-order chi connectivity index (χ1) is 16.9. The molecule has 0 bridgehead atoms. The van der Waals surface area contributed by atoms with Crippen molar-refractivity contribution in [2.45, 2.75) is 44.8 Å². The SMILES string of the molecule is CC(C)OCCCNNC(=O)[C@]1(Cc2ccc(Br)cc2)COC(c2ccc(OCCCO)cc2)=N1. The lowest BCUT2D eigenvalue weighted by molar-refractivity contribution is -0.127. The molecule has 1 aliphatic heterocycles. The van der Waals surface area contributed by atoms with Crippen molar-refractivity contribution in [1.82, 2.24) is 10.9 Å². The van der Waals surface area contributed by atoms with E-state index in [-0.39, 0.29) is 25.2 Å². The van der Waals surface area contributed by atoms with Gasteiger partial charge in [-0.2, -0.15) is 0 Å². The summed E-state index contributed by atoms with van der Waals surface area (Å²) in [6, 6.07) is 15.2. The number of hydrogen-bond acceptors (Lipinski definition) is 7. The first kappa shape index (κ1) is 27.1. The molecule has 1 aliphatic rings. The lowest BCUT2D eigenvalue weighted by Gasteiger charge is -2.23. The molecular formula is C26H34BrN3O5. The summed E-state index contributed by atoms with van der Waals surface area (Å²) in [6.45, 7) is 5.87. The van der Waals surface area contributed by atoms with Crippen molar-refractivity contribution in [3.63, 3.8) is 0 Å². The molecule has 9 heteroatoms. The molecule has 0 fully saturated rings. The molecule has 1 heterocycles. The minimum absolute atomic E-state index is 0.0891. The average molecular weight is 548 g/mol. The Labute approximate surface area is 215 Å². The van der Waals surface area contributed by atoms with Crippen LogP contribution in [0.2, 0.25) is 0 Å². The van der Waals surface area contributed by atoms with E-state index in [1.54, 1.807) is 0 Å². The van der Waals surface area contributed by atoms with E-state index in [1.807, 2.05) is 62.4 Å². The number of hydrazine groups is 1. The van der Waals surface area contributed by atoms with Gasteiger partial charge in [0.25, 0.3) is 5.91 Å². The van der Waals surface area contributed by atoms with Crippen molar-refractivity contribution in [2.75, 3.05) is 33.0 Å². The number of carbonyl (C=O) groups is 1. The second-order valence-electron chi connectivity index (χ2n) is 8.64. The van der Waals surface area contributed by atoms with Crippen LogP contribution in [0.5, 0.6) is 5.75 Å². The molecular weight excluding hydrogens is 514 g/mol. The van der Waals surface area contributed by atoms with Crippen LogP contribution in [-0.2, 0) is 20.7 Å². The van der Waals surface area contributed by atoms with Crippen molar-refractivity contribution in [1.29, 1.82) is 0 Å². The van der Waals surface area contributed by atoms with Crippen molar-refractivity contribution in [3.8, 4) is 5.75 Å². The Hall–Kier alpha value is -2.46. The van der Waals surface area contributed by atoms with Gasteiger partial charge in [0.1, 0.15) is 12.4 Å². The second kappa shape index (κ2) is 13.6. The molecule has 0 saturated carbocycles. The van der Waals surface area contributed by atoms with Crippen LogP contribution in [-0.4, -0.2) is 61.5 Å². The molecule has 3 rings (SSSR count). The van der Waals surface area contributed by atoms with Crippen molar-refractivity contribution in [2.24, 2.45) is 4.99 Å². The predicted molar refractivity (Wildman–Crippen MR) is 139 cm³/mol. The summed E-state index contributed by atoms with van der Waals surface area (Å²) in [5.74, 6) is 0.874. The van der Waals surface area contributed by atoms with Gasteiger partial charge in [-0.1, -0.05) is 28.1 Å². The highest BCUT2D eigenvalue weighted by molar-refractivity contribution is 9.10. The maximum Gasteiger partial charge on any atom is 0.266 e. The molecule has 2 aromatic rings. The molecule has 3 N–H and O–H groups in total. The largest absolute Gasteiger partial charge is 0.494 e. The topological polar surface area (TPSA) is 101 Å². The van der Waals surface area contributed by atoms with E-state index in [4.69, 9.17) is 24.3 Å². The van der Waals surface area contributed by atoms with Crippen molar-refractivity contribution >= 4 is 27.7 Å². The maximum atomic E-state index is 13.3. The molecule has 35 heavy (non-hydrogen) atoms. The third-order valence-electron chi connectivity index (χ3n) is 5.37. The zero-order valence-corrected chi connectivity index (χ0v) is 21.8. The molecule has 0 aliphatic carbocycles. The number of carbonyl (C=O) groups excluding carboxylic acids is 1. The van der Waals surface area contributed by atoms with E-state index < -0.39 is 5.54 Å². The van der Waals surface area contributed by atoms with E-state index >= 15 is 0 Å². The number of aliphatic hydroxyl groups is 1. The second-order valence-corrected chi connectivity index (χ2v) is 9.56. The third kappa shape index (κ3) is 8.31. The van der Waals surface area contributed by atoms with E-state index in [1.165, 1.54) is 0 Å². The number of halogens is 1. The van der Waals surface area contributed by atoms with Crippen LogP contribution in [0, 0.1) is 0 Å². The van der Waals surface area contributed by atoms with E-state index in [9.17, 15) is 4.79 Å². The van der Waals surface area contributed by atoms with E-state index in [0.717, 1.165) is 22.0 Å². The Morgan fingerprint density at radius 3 is 2.57 bits per heavy atom. The minimum atomic E-state index is -1.10. The normalized spacial score (nSPS) is 17.2. The number of hydrogen-bond donors (Lipinski definition) is 3. The van der Waals surface area contributed by atoms with Crippen molar-refractivity contribution in [3.05, 3.63) is 64.1 Å². The summed E-state index contributed by atoms with van der Waals surface area (Å²) < 4.78 is 18.0. The Kier molecular flexibility index (Phi) is 10.5. The molecule has 2 aromatic carbocycles. The fourth-order valence-corrected chi connectivity index (χ4v) is 3.77. The smallest absolute Gasteiger partial charge is 0.266 e. The van der Waals surface area contributed by atoms with Gasteiger partial charge in [0.2, 0.25) is 5.90 Å². The quantitative estimate of drug-likeness (QED) is 0.247. The number of nitrogens with zero attached hydrogens (tertiary/aromatic N) is 1. The summed E-state index contributed by atoms with van der Waals surface area (Å²) in [5.41, 5.74) is 6.46. The molecule has 0 unspecified atom stereocenters. The standard InChI is InChI=1S/C26H34BrN3O5/c1-19(2)33-15-3-13-28-30-25(32)26(17-20-5-9-22(27)10-6-20)18-35-24(29-26)21-7-11-23(12-8-21)34-16-4-14-31/h5-12,19,28,31H,3-4,13-18H2,1-2H3,(H,30,32)/t26-/m0/s1. The van der Waals surface area contributed by atoms with Gasteiger partial charge in [0, 0.05) is 42.6 Å².